The molecule has 0 bridgehead atoms. The molecule has 0 radical (unpaired) electrons. The summed E-state index contributed by atoms with van der Waals surface area (Å²) in [5.41, 5.74) is 1.23. The van der Waals surface area contributed by atoms with Crippen LogP contribution in [0.1, 0.15) is 31.1 Å². The minimum atomic E-state index is 0.676. The molecule has 1 aromatic heterocycles. The zero-order valence-electron chi connectivity index (χ0n) is 12.2. The van der Waals surface area contributed by atoms with Crippen LogP contribution in [0.2, 0.25) is 0 Å². The average molecular weight is 266 g/mol. The number of rotatable bonds is 7. The SMILES string of the molecule is CCNCc1coc(CN(C)CC2CCCOC2)c1. The third kappa shape index (κ3) is 4.97. The molecule has 0 spiro atoms. The van der Waals surface area contributed by atoms with Crippen LogP contribution in [-0.4, -0.2) is 38.3 Å². The van der Waals surface area contributed by atoms with Crippen LogP contribution in [0, 0.1) is 5.92 Å². The molecule has 0 saturated carbocycles. The van der Waals surface area contributed by atoms with Crippen LogP contribution in [0.4, 0.5) is 0 Å². The summed E-state index contributed by atoms with van der Waals surface area (Å²) in [4.78, 5) is 2.33. The standard InChI is InChI=1S/C15H26N2O2/c1-3-16-8-14-7-15(19-12-14)10-17(2)9-13-5-4-6-18-11-13/h7,12-13,16H,3-6,8-11H2,1-2H3. The van der Waals surface area contributed by atoms with Gasteiger partial charge in [0, 0.05) is 25.3 Å². The first-order valence-electron chi connectivity index (χ1n) is 7.31. The minimum absolute atomic E-state index is 0.676. The van der Waals surface area contributed by atoms with Crippen LogP contribution < -0.4 is 5.32 Å². The Morgan fingerprint density at radius 2 is 2.37 bits per heavy atom. The van der Waals surface area contributed by atoms with Gasteiger partial charge in [0.15, 0.2) is 0 Å². The van der Waals surface area contributed by atoms with Crippen LogP contribution in [0.25, 0.3) is 0 Å². The van der Waals surface area contributed by atoms with Crippen LogP contribution in [0.3, 0.4) is 0 Å². The molecule has 2 rings (SSSR count). The zero-order valence-corrected chi connectivity index (χ0v) is 12.2. The Morgan fingerprint density at radius 1 is 1.47 bits per heavy atom. The highest BCUT2D eigenvalue weighted by molar-refractivity contribution is 5.12. The van der Waals surface area contributed by atoms with Gasteiger partial charge in [0.1, 0.15) is 5.76 Å². The third-order valence-electron chi connectivity index (χ3n) is 3.54. The molecule has 1 N–H and O–H groups in total. The fraction of sp³-hybridized carbons (Fsp3) is 0.733. The minimum Gasteiger partial charge on any atom is -0.468 e. The Hall–Kier alpha value is -0.840. The molecule has 0 amide bonds. The second-order valence-corrected chi connectivity index (χ2v) is 5.48. The molecule has 108 valence electrons. The summed E-state index contributed by atoms with van der Waals surface area (Å²) in [5.74, 6) is 1.72. The van der Waals surface area contributed by atoms with Crippen molar-refractivity contribution in [1.29, 1.82) is 0 Å². The van der Waals surface area contributed by atoms with Crippen molar-refractivity contribution in [2.45, 2.75) is 32.9 Å². The van der Waals surface area contributed by atoms with Crippen molar-refractivity contribution >= 4 is 0 Å². The molecule has 1 aromatic rings. The first-order valence-corrected chi connectivity index (χ1v) is 7.31. The third-order valence-corrected chi connectivity index (χ3v) is 3.54. The molecule has 1 aliphatic heterocycles. The van der Waals surface area contributed by atoms with E-state index in [2.05, 4.69) is 30.3 Å². The predicted octanol–water partition coefficient (Wildman–Crippen LogP) is 2.25. The molecule has 2 heterocycles. The summed E-state index contributed by atoms with van der Waals surface area (Å²) in [6.45, 7) is 7.80. The largest absolute Gasteiger partial charge is 0.468 e. The summed E-state index contributed by atoms with van der Waals surface area (Å²) in [6.07, 6.45) is 4.34. The van der Waals surface area contributed by atoms with E-state index >= 15 is 0 Å². The van der Waals surface area contributed by atoms with Crippen LogP contribution in [0.15, 0.2) is 16.7 Å². The Balaban J connectivity index is 1.74. The topological polar surface area (TPSA) is 37.6 Å². The summed E-state index contributed by atoms with van der Waals surface area (Å²) in [6, 6.07) is 2.15. The molecule has 1 aliphatic rings. The van der Waals surface area contributed by atoms with E-state index in [0.29, 0.717) is 5.92 Å². The molecule has 1 unspecified atom stereocenters. The van der Waals surface area contributed by atoms with Gasteiger partial charge in [0.2, 0.25) is 0 Å². The van der Waals surface area contributed by atoms with E-state index in [-0.39, 0.29) is 0 Å². The summed E-state index contributed by atoms with van der Waals surface area (Å²) in [5, 5.41) is 3.31. The molecular weight excluding hydrogens is 240 g/mol. The predicted molar refractivity (Wildman–Crippen MR) is 76.0 cm³/mol. The van der Waals surface area contributed by atoms with E-state index in [1.165, 1.54) is 18.4 Å². The molecule has 1 fully saturated rings. The molecule has 4 nitrogen and oxygen atoms in total. The first kappa shape index (κ1) is 14.6. The van der Waals surface area contributed by atoms with Crippen molar-refractivity contribution < 1.29 is 9.15 Å². The average Bonchev–Trinajstić information content (AvgIpc) is 2.85. The van der Waals surface area contributed by atoms with Gasteiger partial charge in [-0.3, -0.25) is 4.90 Å². The van der Waals surface area contributed by atoms with Gasteiger partial charge in [-0.2, -0.15) is 0 Å². The lowest BCUT2D eigenvalue weighted by Gasteiger charge is -2.26. The lowest BCUT2D eigenvalue weighted by molar-refractivity contribution is 0.0404. The van der Waals surface area contributed by atoms with E-state index in [0.717, 1.165) is 45.2 Å². The smallest absolute Gasteiger partial charge is 0.118 e. The number of furan rings is 1. The number of nitrogens with one attached hydrogen (secondary N) is 1. The Kier molecular flexibility index (Phi) is 5.89. The van der Waals surface area contributed by atoms with Crippen LogP contribution in [-0.2, 0) is 17.8 Å². The number of nitrogens with zero attached hydrogens (tertiary/aromatic N) is 1. The summed E-state index contributed by atoms with van der Waals surface area (Å²) in [7, 11) is 2.15. The van der Waals surface area contributed by atoms with Crippen LogP contribution in [0.5, 0.6) is 0 Å². The van der Waals surface area contributed by atoms with Crippen molar-refractivity contribution in [2.24, 2.45) is 5.92 Å². The number of hydrogen-bond donors (Lipinski definition) is 1. The second kappa shape index (κ2) is 7.68. The van der Waals surface area contributed by atoms with Crippen molar-refractivity contribution in [3.8, 4) is 0 Å². The molecule has 1 saturated heterocycles. The van der Waals surface area contributed by atoms with Gasteiger partial charge in [-0.25, -0.2) is 0 Å². The Bertz CT molecular complexity index is 359. The lowest BCUT2D eigenvalue weighted by Crippen LogP contribution is -2.30. The van der Waals surface area contributed by atoms with Crippen molar-refractivity contribution in [2.75, 3.05) is 33.4 Å². The van der Waals surface area contributed by atoms with E-state index in [4.69, 9.17) is 9.15 Å². The Morgan fingerprint density at radius 3 is 3.11 bits per heavy atom. The van der Waals surface area contributed by atoms with E-state index < -0.39 is 0 Å². The molecule has 4 heteroatoms. The van der Waals surface area contributed by atoms with Crippen molar-refractivity contribution in [3.05, 3.63) is 23.7 Å². The maximum atomic E-state index is 5.61. The molecule has 0 aromatic carbocycles. The summed E-state index contributed by atoms with van der Waals surface area (Å²) >= 11 is 0. The maximum Gasteiger partial charge on any atom is 0.118 e. The highest BCUT2D eigenvalue weighted by Gasteiger charge is 2.16. The van der Waals surface area contributed by atoms with Crippen LogP contribution >= 0.6 is 0 Å². The van der Waals surface area contributed by atoms with Gasteiger partial charge >= 0.3 is 0 Å². The van der Waals surface area contributed by atoms with Crippen molar-refractivity contribution in [3.63, 3.8) is 0 Å². The highest BCUT2D eigenvalue weighted by atomic mass is 16.5. The first-order chi connectivity index (χ1) is 9.28. The lowest BCUT2D eigenvalue weighted by atomic mass is 10.0. The monoisotopic (exact) mass is 266 g/mol. The fourth-order valence-electron chi connectivity index (χ4n) is 2.59. The van der Waals surface area contributed by atoms with Gasteiger partial charge in [-0.1, -0.05) is 6.92 Å². The number of ether oxygens (including phenoxy) is 1. The quantitative estimate of drug-likeness (QED) is 0.821. The second-order valence-electron chi connectivity index (χ2n) is 5.48. The molecule has 0 aliphatic carbocycles. The maximum absolute atomic E-state index is 5.61. The Labute approximate surface area is 116 Å². The van der Waals surface area contributed by atoms with Gasteiger partial charge in [-0.05, 0) is 38.4 Å². The van der Waals surface area contributed by atoms with Gasteiger partial charge < -0.3 is 14.5 Å². The molecular formula is C15H26N2O2. The molecule has 19 heavy (non-hydrogen) atoms. The van der Waals surface area contributed by atoms with Gasteiger partial charge in [-0.15, -0.1) is 0 Å². The molecule has 1 atom stereocenters. The fourth-order valence-corrected chi connectivity index (χ4v) is 2.59. The summed E-state index contributed by atoms with van der Waals surface area (Å²) < 4.78 is 11.1. The zero-order chi connectivity index (χ0) is 13.5. The highest BCUT2D eigenvalue weighted by Crippen LogP contribution is 2.16. The number of hydrogen-bond acceptors (Lipinski definition) is 4. The van der Waals surface area contributed by atoms with Gasteiger partial charge in [0.25, 0.3) is 0 Å². The van der Waals surface area contributed by atoms with Gasteiger partial charge in [0.05, 0.1) is 19.4 Å². The van der Waals surface area contributed by atoms with Crippen molar-refractivity contribution in [1.82, 2.24) is 10.2 Å². The normalized spacial score (nSPS) is 20.1. The van der Waals surface area contributed by atoms with E-state index in [9.17, 15) is 0 Å². The van der Waals surface area contributed by atoms with E-state index in [1.807, 2.05) is 6.26 Å². The van der Waals surface area contributed by atoms with E-state index in [1.54, 1.807) is 0 Å².